The summed E-state index contributed by atoms with van der Waals surface area (Å²) < 4.78 is 66.0. The number of nitrogens with one attached hydrogen (secondary N) is 1. The zero-order chi connectivity index (χ0) is 35.5. The van der Waals surface area contributed by atoms with Gasteiger partial charge in [0.2, 0.25) is 0 Å². The molecule has 1 saturated heterocycles. The fourth-order valence-corrected chi connectivity index (χ4v) is 7.27. The first-order valence-electron chi connectivity index (χ1n) is 16.5. The van der Waals surface area contributed by atoms with Crippen LogP contribution in [-0.2, 0) is 42.8 Å². The van der Waals surface area contributed by atoms with Crippen molar-refractivity contribution in [3.05, 3.63) is 138 Å². The van der Waals surface area contributed by atoms with Crippen LogP contribution in [0.3, 0.4) is 0 Å². The largest absolute Gasteiger partial charge is 0.416 e. The number of halogens is 5. The average Bonchev–Trinajstić information content (AvgIpc) is 3.46. The van der Waals surface area contributed by atoms with E-state index >= 15 is 4.39 Å². The second kappa shape index (κ2) is 14.9. The lowest BCUT2D eigenvalue weighted by Crippen LogP contribution is -2.50. The van der Waals surface area contributed by atoms with Crippen LogP contribution in [0.4, 0.5) is 17.6 Å². The lowest BCUT2D eigenvalue weighted by molar-refractivity contribution is -0.138. The number of fused-ring (bicyclic) bond motifs is 2. The smallest absolute Gasteiger partial charge is 0.364 e. The van der Waals surface area contributed by atoms with Crippen molar-refractivity contribution in [3.63, 3.8) is 0 Å². The van der Waals surface area contributed by atoms with Gasteiger partial charge in [0.15, 0.2) is 0 Å². The molecule has 0 aliphatic carbocycles. The zero-order valence-corrected chi connectivity index (χ0v) is 27.9. The molecule has 1 aromatic heterocycles. The Balaban J connectivity index is 1.43. The number of piperidine rings is 1. The van der Waals surface area contributed by atoms with E-state index in [0.29, 0.717) is 56.9 Å². The first kappa shape index (κ1) is 35.5. The fraction of sp³-hybridized carbons (Fsp3) is 0.378. The Morgan fingerprint density at radius 2 is 1.72 bits per heavy atom. The minimum atomic E-state index is -4.88. The van der Waals surface area contributed by atoms with Gasteiger partial charge in [-0.05, 0) is 61.2 Å². The van der Waals surface area contributed by atoms with Gasteiger partial charge in [-0.25, -0.2) is 9.18 Å². The Morgan fingerprint density at radius 1 is 0.980 bits per heavy atom. The molecule has 1 atom stereocenters. The summed E-state index contributed by atoms with van der Waals surface area (Å²) in [5.74, 6) is -1.11. The highest BCUT2D eigenvalue weighted by atomic mass is 35.5. The minimum absolute atomic E-state index is 0.151. The summed E-state index contributed by atoms with van der Waals surface area (Å²) in [6, 6.07) is 20.9. The van der Waals surface area contributed by atoms with Crippen molar-refractivity contribution in [3.8, 4) is 6.07 Å². The second-order valence-electron chi connectivity index (χ2n) is 12.7. The summed E-state index contributed by atoms with van der Waals surface area (Å²) in [5, 5.41) is 13.0. The molecule has 1 unspecified atom stereocenters. The number of hydrogen-bond donors (Lipinski definition) is 1. The lowest BCUT2D eigenvalue weighted by atomic mass is 9.85. The average molecular weight is 710 g/mol. The van der Waals surface area contributed by atoms with Gasteiger partial charge in [0.25, 0.3) is 5.56 Å². The molecular formula is C37H36ClF4N5O3. The first-order valence-corrected chi connectivity index (χ1v) is 16.9. The van der Waals surface area contributed by atoms with Crippen molar-refractivity contribution < 1.29 is 22.3 Å². The SMILES string of the molecule is N#CCCCNC(Cn1c(=O)c2c(n(Cc3c(F)cccc3C(F)(F)F)c1=O)COC21CCN(Cc2cccc(Cl)c2)CC1)c1ccccc1. The molecule has 2 aliphatic rings. The van der Waals surface area contributed by atoms with Gasteiger partial charge in [-0.2, -0.15) is 18.4 Å². The van der Waals surface area contributed by atoms with E-state index < -0.39 is 52.6 Å². The van der Waals surface area contributed by atoms with E-state index in [2.05, 4.69) is 16.3 Å². The normalized spacial score (nSPS) is 16.3. The van der Waals surface area contributed by atoms with E-state index in [-0.39, 0.29) is 24.4 Å². The van der Waals surface area contributed by atoms with Gasteiger partial charge in [0.05, 0.1) is 48.6 Å². The van der Waals surface area contributed by atoms with Crippen molar-refractivity contribution in [1.29, 1.82) is 5.26 Å². The molecule has 262 valence electrons. The van der Waals surface area contributed by atoms with Gasteiger partial charge < -0.3 is 10.1 Å². The van der Waals surface area contributed by atoms with Gasteiger partial charge in [0, 0.05) is 36.6 Å². The molecule has 8 nitrogen and oxygen atoms in total. The van der Waals surface area contributed by atoms with E-state index in [1.165, 1.54) is 0 Å². The maximum atomic E-state index is 15.2. The second-order valence-corrected chi connectivity index (χ2v) is 13.2. The molecule has 3 heterocycles. The molecule has 50 heavy (non-hydrogen) atoms. The highest BCUT2D eigenvalue weighted by Crippen LogP contribution is 2.43. The molecule has 2 aliphatic heterocycles. The summed E-state index contributed by atoms with van der Waals surface area (Å²) in [6.07, 6.45) is -3.25. The van der Waals surface area contributed by atoms with Gasteiger partial charge in [0.1, 0.15) is 11.4 Å². The van der Waals surface area contributed by atoms with Crippen LogP contribution < -0.4 is 16.6 Å². The van der Waals surface area contributed by atoms with E-state index in [0.717, 1.165) is 38.5 Å². The molecule has 0 bridgehead atoms. The molecule has 4 aromatic rings. The number of hydrogen-bond acceptors (Lipinski definition) is 6. The molecule has 1 fully saturated rings. The number of likely N-dealkylation sites (tertiary alicyclic amines) is 1. The number of alkyl halides is 3. The van der Waals surface area contributed by atoms with Crippen LogP contribution in [0.2, 0.25) is 5.02 Å². The van der Waals surface area contributed by atoms with E-state index in [9.17, 15) is 22.8 Å². The molecular weight excluding hydrogens is 674 g/mol. The number of nitriles is 1. The number of aromatic nitrogens is 2. The summed E-state index contributed by atoms with van der Waals surface area (Å²) in [6.45, 7) is 1.06. The highest BCUT2D eigenvalue weighted by molar-refractivity contribution is 6.30. The topological polar surface area (TPSA) is 92.3 Å². The van der Waals surface area contributed by atoms with Crippen molar-refractivity contribution in [1.82, 2.24) is 19.4 Å². The molecule has 1 spiro atoms. The lowest BCUT2D eigenvalue weighted by Gasteiger charge is -2.39. The van der Waals surface area contributed by atoms with Crippen LogP contribution in [0, 0.1) is 17.1 Å². The number of unbranched alkanes of at least 4 members (excludes halogenated alkanes) is 1. The van der Waals surface area contributed by atoms with E-state index in [1.54, 1.807) is 6.07 Å². The fourth-order valence-electron chi connectivity index (χ4n) is 7.05. The molecule has 0 saturated carbocycles. The third kappa shape index (κ3) is 7.42. The Labute approximate surface area is 291 Å². The minimum Gasteiger partial charge on any atom is -0.364 e. The van der Waals surface area contributed by atoms with Gasteiger partial charge >= 0.3 is 11.9 Å². The number of rotatable bonds is 11. The standard InChI is InChI=1S/C37H36ClF4N5O3/c38-27-11-6-8-25(20-27)21-45-18-14-36(15-19-45)33-32(24-50-36)46(22-28-29(37(40,41)42)12-7-13-30(28)39)35(49)47(34(33)48)23-31(44-17-5-4-16-43)26-9-2-1-3-10-26/h1-3,6-13,20,31,44H,4-5,14-15,17-19,21-24H2. The highest BCUT2D eigenvalue weighted by Gasteiger charge is 2.47. The third-order valence-electron chi connectivity index (χ3n) is 9.60. The van der Waals surface area contributed by atoms with Crippen LogP contribution in [-0.4, -0.2) is 33.7 Å². The summed E-state index contributed by atoms with van der Waals surface area (Å²) >= 11 is 6.19. The van der Waals surface area contributed by atoms with Crippen LogP contribution in [0.25, 0.3) is 0 Å². The molecule has 1 N–H and O–H groups in total. The Bertz CT molecular complexity index is 2000. The Morgan fingerprint density at radius 3 is 2.42 bits per heavy atom. The van der Waals surface area contributed by atoms with Gasteiger partial charge in [-0.3, -0.25) is 18.8 Å². The van der Waals surface area contributed by atoms with Crippen LogP contribution in [0.15, 0.2) is 82.4 Å². The summed E-state index contributed by atoms with van der Waals surface area (Å²) in [4.78, 5) is 31.0. The van der Waals surface area contributed by atoms with Crippen molar-refractivity contribution in [2.45, 2.75) is 69.7 Å². The first-order chi connectivity index (χ1) is 24.0. The predicted molar refractivity (Wildman–Crippen MR) is 180 cm³/mol. The number of benzene rings is 3. The van der Waals surface area contributed by atoms with Crippen molar-refractivity contribution in [2.75, 3.05) is 19.6 Å². The summed E-state index contributed by atoms with van der Waals surface area (Å²) in [7, 11) is 0. The molecule has 13 heteroatoms. The summed E-state index contributed by atoms with van der Waals surface area (Å²) in [5.41, 5.74) is -2.22. The van der Waals surface area contributed by atoms with Crippen LogP contribution in [0.1, 0.15) is 65.2 Å². The molecule has 0 amide bonds. The third-order valence-corrected chi connectivity index (χ3v) is 9.83. The van der Waals surface area contributed by atoms with Crippen LogP contribution >= 0.6 is 11.6 Å². The van der Waals surface area contributed by atoms with E-state index in [4.69, 9.17) is 21.6 Å². The monoisotopic (exact) mass is 709 g/mol. The van der Waals surface area contributed by atoms with E-state index in [1.807, 2.05) is 48.5 Å². The maximum Gasteiger partial charge on any atom is 0.416 e. The molecule has 3 aromatic carbocycles. The zero-order valence-electron chi connectivity index (χ0n) is 27.2. The van der Waals surface area contributed by atoms with Gasteiger partial charge in [-0.15, -0.1) is 0 Å². The Hall–Kier alpha value is -4.28. The van der Waals surface area contributed by atoms with Crippen molar-refractivity contribution >= 4 is 11.6 Å². The molecule has 6 rings (SSSR count). The quantitative estimate of drug-likeness (QED) is 0.141. The number of nitrogens with zero attached hydrogens (tertiary/aromatic N) is 4. The Kier molecular flexibility index (Phi) is 10.6. The predicted octanol–water partition coefficient (Wildman–Crippen LogP) is 6.53. The van der Waals surface area contributed by atoms with Gasteiger partial charge in [-0.1, -0.05) is 60.1 Å². The molecule has 0 radical (unpaired) electrons. The van der Waals surface area contributed by atoms with Crippen LogP contribution in [0.5, 0.6) is 0 Å². The van der Waals surface area contributed by atoms with Crippen molar-refractivity contribution in [2.24, 2.45) is 0 Å². The maximum absolute atomic E-state index is 15.2. The number of ether oxygens (including phenoxy) is 1.